The number of para-hydroxylation sites is 2. The molecule has 33 heavy (non-hydrogen) atoms. The van der Waals surface area contributed by atoms with Crippen molar-refractivity contribution < 1.29 is 18.6 Å². The number of fused-ring (bicyclic) bond motifs is 1. The highest BCUT2D eigenvalue weighted by Gasteiger charge is 2.21. The number of aromatic nitrogens is 1. The number of nitro groups is 1. The number of Topliss-reactive ketones (excluding diaryl/α,β-unsaturated/α-hetero) is 1. The number of allylic oxidation sites excluding steroid dienone is 1. The molecule has 0 aliphatic rings. The zero-order valence-corrected chi connectivity index (χ0v) is 17.2. The lowest BCUT2D eigenvalue weighted by atomic mass is 10.0. The van der Waals surface area contributed by atoms with E-state index in [9.17, 15) is 14.9 Å². The zero-order valence-electron chi connectivity index (χ0n) is 17.2. The van der Waals surface area contributed by atoms with Crippen LogP contribution in [0.5, 0.6) is 0 Å². The molecule has 5 aromatic rings. The number of oxazole rings is 1. The second kappa shape index (κ2) is 8.39. The van der Waals surface area contributed by atoms with Crippen LogP contribution in [0.1, 0.15) is 22.0 Å². The lowest BCUT2D eigenvalue weighted by molar-refractivity contribution is -0.384. The minimum Gasteiger partial charge on any atom is -0.457 e. The highest BCUT2D eigenvalue weighted by atomic mass is 16.6. The van der Waals surface area contributed by atoms with Crippen molar-refractivity contribution in [1.29, 1.82) is 0 Å². The lowest BCUT2D eigenvalue weighted by Gasteiger charge is -2.03. The Kier molecular flexibility index (Phi) is 5.12. The lowest BCUT2D eigenvalue weighted by Crippen LogP contribution is -2.03. The van der Waals surface area contributed by atoms with Crippen LogP contribution < -0.4 is 0 Å². The molecule has 0 N–H and O–H groups in total. The van der Waals surface area contributed by atoms with Crippen molar-refractivity contribution in [3.8, 4) is 11.3 Å². The summed E-state index contributed by atoms with van der Waals surface area (Å²) >= 11 is 0. The van der Waals surface area contributed by atoms with Crippen LogP contribution in [0.25, 0.3) is 34.1 Å². The molecular weight excluding hydrogens is 420 g/mol. The van der Waals surface area contributed by atoms with E-state index in [1.807, 2.05) is 24.3 Å². The number of carbonyl (C=O) groups is 1. The molecule has 0 saturated heterocycles. The van der Waals surface area contributed by atoms with Gasteiger partial charge >= 0.3 is 0 Å². The van der Waals surface area contributed by atoms with E-state index in [2.05, 4.69) is 4.98 Å². The van der Waals surface area contributed by atoms with Crippen LogP contribution in [0.15, 0.2) is 99.8 Å². The number of benzene rings is 3. The van der Waals surface area contributed by atoms with Crippen molar-refractivity contribution in [2.24, 2.45) is 0 Å². The van der Waals surface area contributed by atoms with E-state index in [0.29, 0.717) is 33.7 Å². The summed E-state index contributed by atoms with van der Waals surface area (Å²) in [5.41, 5.74) is 2.64. The number of ketones is 1. The third-order valence-electron chi connectivity index (χ3n) is 5.08. The summed E-state index contributed by atoms with van der Waals surface area (Å²) in [6.07, 6.45) is 1.59. The van der Waals surface area contributed by atoms with E-state index in [0.717, 1.165) is 0 Å². The Balaban J connectivity index is 1.56. The van der Waals surface area contributed by atoms with Gasteiger partial charge in [0.1, 0.15) is 17.0 Å². The van der Waals surface area contributed by atoms with Crippen molar-refractivity contribution in [2.45, 2.75) is 0 Å². The number of carbonyl (C=O) groups excluding carboxylic acids is 1. The standard InChI is InChI=1S/C26H16N2O5/c29-25(18-6-2-1-3-7-18)21(26-27-22-8-4-5-9-24(22)33-26)16-20-14-15-23(32-20)17-10-12-19(13-11-17)28(30)31/h1-16H/b21-16+. The molecule has 0 saturated carbocycles. The number of furan rings is 1. The first-order chi connectivity index (χ1) is 16.1. The molecule has 0 fully saturated rings. The minimum absolute atomic E-state index is 0.00266. The second-order valence-electron chi connectivity index (χ2n) is 7.25. The van der Waals surface area contributed by atoms with Crippen molar-refractivity contribution >= 4 is 34.2 Å². The average Bonchev–Trinajstić information content (AvgIpc) is 3.50. The predicted molar refractivity (Wildman–Crippen MR) is 123 cm³/mol. The normalized spacial score (nSPS) is 11.6. The molecule has 5 rings (SSSR count). The van der Waals surface area contributed by atoms with Crippen molar-refractivity contribution in [3.05, 3.63) is 118 Å². The molecule has 0 aliphatic carbocycles. The van der Waals surface area contributed by atoms with Crippen molar-refractivity contribution in [3.63, 3.8) is 0 Å². The maximum atomic E-state index is 13.3. The van der Waals surface area contributed by atoms with Gasteiger partial charge in [-0.05, 0) is 42.5 Å². The van der Waals surface area contributed by atoms with Gasteiger partial charge in [0.05, 0.1) is 10.5 Å². The summed E-state index contributed by atoms with van der Waals surface area (Å²) in [5, 5.41) is 10.9. The maximum Gasteiger partial charge on any atom is 0.269 e. The van der Waals surface area contributed by atoms with Gasteiger partial charge in [0.25, 0.3) is 5.69 Å². The quantitative estimate of drug-likeness (QED) is 0.132. The van der Waals surface area contributed by atoms with Crippen LogP contribution >= 0.6 is 0 Å². The van der Waals surface area contributed by atoms with E-state index in [4.69, 9.17) is 8.83 Å². The van der Waals surface area contributed by atoms with Gasteiger partial charge in [-0.25, -0.2) is 4.98 Å². The highest BCUT2D eigenvalue weighted by molar-refractivity contribution is 6.31. The minimum atomic E-state index is -0.456. The van der Waals surface area contributed by atoms with Crippen LogP contribution in [0.2, 0.25) is 0 Å². The fraction of sp³-hybridized carbons (Fsp3) is 0. The van der Waals surface area contributed by atoms with Gasteiger partial charge in [-0.1, -0.05) is 42.5 Å². The molecule has 7 nitrogen and oxygen atoms in total. The molecule has 0 amide bonds. The van der Waals surface area contributed by atoms with Crippen LogP contribution in [0.3, 0.4) is 0 Å². The van der Waals surface area contributed by atoms with Crippen LogP contribution in [0.4, 0.5) is 5.69 Å². The van der Waals surface area contributed by atoms with Gasteiger partial charge in [-0.3, -0.25) is 14.9 Å². The topological polar surface area (TPSA) is 99.4 Å². The molecule has 3 aromatic carbocycles. The van der Waals surface area contributed by atoms with Gasteiger partial charge in [0.2, 0.25) is 5.89 Å². The van der Waals surface area contributed by atoms with Crippen LogP contribution in [-0.4, -0.2) is 15.7 Å². The number of nitrogens with zero attached hydrogens (tertiary/aromatic N) is 2. The van der Waals surface area contributed by atoms with E-state index < -0.39 is 4.92 Å². The molecular formula is C26H16N2O5. The Bertz CT molecular complexity index is 1460. The fourth-order valence-corrected chi connectivity index (χ4v) is 3.43. The molecule has 2 aromatic heterocycles. The summed E-state index contributed by atoms with van der Waals surface area (Å²) in [4.78, 5) is 28.2. The van der Waals surface area contributed by atoms with Crippen molar-refractivity contribution in [2.75, 3.05) is 0 Å². The number of rotatable bonds is 6. The van der Waals surface area contributed by atoms with Gasteiger partial charge in [0, 0.05) is 23.3 Å². The molecule has 7 heteroatoms. The summed E-state index contributed by atoms with van der Waals surface area (Å²) in [6.45, 7) is 0. The number of nitro benzene ring substituents is 1. The zero-order chi connectivity index (χ0) is 22.8. The largest absolute Gasteiger partial charge is 0.457 e. The summed E-state index contributed by atoms with van der Waals surface area (Å²) < 4.78 is 11.8. The Morgan fingerprint density at radius 2 is 1.58 bits per heavy atom. The van der Waals surface area contributed by atoms with E-state index in [1.165, 1.54) is 12.1 Å². The molecule has 0 aliphatic heterocycles. The third kappa shape index (κ3) is 4.07. The summed E-state index contributed by atoms with van der Waals surface area (Å²) in [6, 6.07) is 25.7. The van der Waals surface area contributed by atoms with Crippen molar-refractivity contribution in [1.82, 2.24) is 4.98 Å². The van der Waals surface area contributed by atoms with E-state index in [-0.39, 0.29) is 22.9 Å². The highest BCUT2D eigenvalue weighted by Crippen LogP contribution is 2.29. The maximum absolute atomic E-state index is 13.3. The first-order valence-corrected chi connectivity index (χ1v) is 10.1. The predicted octanol–water partition coefficient (Wildman–Crippen LogP) is 6.42. The van der Waals surface area contributed by atoms with E-state index >= 15 is 0 Å². The van der Waals surface area contributed by atoms with Gasteiger partial charge in [0.15, 0.2) is 11.4 Å². The number of hydrogen-bond acceptors (Lipinski definition) is 6. The van der Waals surface area contributed by atoms with Gasteiger partial charge in [-0.2, -0.15) is 0 Å². The Morgan fingerprint density at radius 1 is 0.848 bits per heavy atom. The Hall–Kier alpha value is -4.78. The summed E-state index contributed by atoms with van der Waals surface area (Å²) in [7, 11) is 0. The number of hydrogen-bond donors (Lipinski definition) is 0. The average molecular weight is 436 g/mol. The fourth-order valence-electron chi connectivity index (χ4n) is 3.43. The monoisotopic (exact) mass is 436 g/mol. The second-order valence-corrected chi connectivity index (χ2v) is 7.25. The summed E-state index contributed by atoms with van der Waals surface area (Å²) in [5.74, 6) is 0.874. The molecule has 0 bridgehead atoms. The SMILES string of the molecule is O=C(/C(=C\c1ccc(-c2ccc([N+](=O)[O-])cc2)o1)c1nc2ccccc2o1)c1ccccc1. The first kappa shape index (κ1) is 20.1. The molecule has 2 heterocycles. The van der Waals surface area contributed by atoms with Gasteiger partial charge in [-0.15, -0.1) is 0 Å². The first-order valence-electron chi connectivity index (χ1n) is 10.1. The Labute approximate surface area is 187 Å². The van der Waals surface area contributed by atoms with E-state index in [1.54, 1.807) is 60.7 Å². The molecule has 0 atom stereocenters. The van der Waals surface area contributed by atoms with Gasteiger partial charge < -0.3 is 8.83 Å². The molecule has 0 radical (unpaired) electrons. The third-order valence-corrected chi connectivity index (χ3v) is 5.08. The Morgan fingerprint density at radius 3 is 2.30 bits per heavy atom. The molecule has 160 valence electrons. The van der Waals surface area contributed by atoms with Crippen LogP contribution in [0, 0.1) is 10.1 Å². The molecule has 0 unspecified atom stereocenters. The molecule has 0 spiro atoms. The number of non-ortho nitro benzene ring substituents is 1. The smallest absolute Gasteiger partial charge is 0.269 e. The van der Waals surface area contributed by atoms with Crippen LogP contribution in [-0.2, 0) is 0 Å².